The SMILES string of the molecule is COCc1cc(OS(=O)(=O)c2ccc(C(C)(C)C)cc2)n(-c2ccc(C)cc2)n1. The highest BCUT2D eigenvalue weighted by Gasteiger charge is 2.22. The molecule has 6 nitrogen and oxygen atoms in total. The molecule has 7 heteroatoms. The van der Waals surface area contributed by atoms with E-state index in [-0.39, 0.29) is 22.8 Å². The number of hydrogen-bond acceptors (Lipinski definition) is 5. The van der Waals surface area contributed by atoms with Crippen molar-refractivity contribution in [2.75, 3.05) is 7.11 Å². The van der Waals surface area contributed by atoms with Crippen molar-refractivity contribution in [3.8, 4) is 11.6 Å². The average Bonchev–Trinajstić information content (AvgIpc) is 3.03. The predicted octanol–water partition coefficient (Wildman–Crippen LogP) is 4.39. The van der Waals surface area contributed by atoms with Gasteiger partial charge < -0.3 is 8.92 Å². The van der Waals surface area contributed by atoms with Crippen LogP contribution in [0.15, 0.2) is 59.5 Å². The van der Waals surface area contributed by atoms with E-state index in [2.05, 4.69) is 25.9 Å². The standard InChI is InChI=1S/C22H26N2O4S/c1-16-6-10-19(11-7-16)24-21(14-18(23-24)15-27-5)28-29(25,26)20-12-8-17(9-13-20)22(2,3)4/h6-14H,15H2,1-5H3. The summed E-state index contributed by atoms with van der Waals surface area (Å²) >= 11 is 0. The molecule has 0 N–H and O–H groups in total. The third-order valence-corrected chi connectivity index (χ3v) is 5.74. The average molecular weight is 415 g/mol. The van der Waals surface area contributed by atoms with Crippen LogP contribution >= 0.6 is 0 Å². The fourth-order valence-electron chi connectivity index (χ4n) is 2.84. The Morgan fingerprint density at radius 2 is 1.62 bits per heavy atom. The van der Waals surface area contributed by atoms with Gasteiger partial charge in [0.25, 0.3) is 0 Å². The van der Waals surface area contributed by atoms with Gasteiger partial charge in [0.05, 0.1) is 18.0 Å². The Hall–Kier alpha value is -2.64. The molecule has 2 aromatic carbocycles. The normalized spacial score (nSPS) is 12.2. The van der Waals surface area contributed by atoms with Crippen molar-refractivity contribution in [1.82, 2.24) is 9.78 Å². The minimum Gasteiger partial charge on any atom is -0.378 e. The molecule has 29 heavy (non-hydrogen) atoms. The van der Waals surface area contributed by atoms with Crippen LogP contribution in [0.4, 0.5) is 0 Å². The molecule has 0 aliphatic carbocycles. The van der Waals surface area contributed by atoms with E-state index in [0.717, 1.165) is 11.1 Å². The van der Waals surface area contributed by atoms with Gasteiger partial charge in [-0.25, -0.2) is 0 Å². The molecule has 3 rings (SSSR count). The Morgan fingerprint density at radius 1 is 1.00 bits per heavy atom. The summed E-state index contributed by atoms with van der Waals surface area (Å²) < 4.78 is 37.8. The van der Waals surface area contributed by atoms with Gasteiger partial charge in [-0.2, -0.15) is 18.2 Å². The number of aryl methyl sites for hydroxylation is 1. The first kappa shape index (κ1) is 21.1. The Morgan fingerprint density at radius 3 is 2.17 bits per heavy atom. The lowest BCUT2D eigenvalue weighted by Crippen LogP contribution is -2.14. The highest BCUT2D eigenvalue weighted by molar-refractivity contribution is 7.87. The molecule has 3 aromatic rings. The maximum atomic E-state index is 12.9. The molecule has 0 bridgehead atoms. The molecule has 0 saturated heterocycles. The van der Waals surface area contributed by atoms with Crippen molar-refractivity contribution in [2.45, 2.75) is 44.6 Å². The first-order valence-corrected chi connectivity index (χ1v) is 10.7. The maximum Gasteiger partial charge on any atom is 0.340 e. The number of hydrogen-bond donors (Lipinski definition) is 0. The van der Waals surface area contributed by atoms with Crippen LogP contribution < -0.4 is 4.18 Å². The van der Waals surface area contributed by atoms with Crippen LogP contribution in [0.5, 0.6) is 5.88 Å². The van der Waals surface area contributed by atoms with Crippen LogP contribution in [-0.4, -0.2) is 25.3 Å². The van der Waals surface area contributed by atoms with Crippen molar-refractivity contribution in [3.05, 3.63) is 71.4 Å². The summed E-state index contributed by atoms with van der Waals surface area (Å²) in [6, 6.07) is 15.9. The first-order chi connectivity index (χ1) is 13.6. The van der Waals surface area contributed by atoms with Gasteiger partial charge in [-0.15, -0.1) is 0 Å². The summed E-state index contributed by atoms with van der Waals surface area (Å²) in [7, 11) is -2.46. The zero-order chi connectivity index (χ0) is 21.2. The molecule has 0 fully saturated rings. The first-order valence-electron chi connectivity index (χ1n) is 9.30. The van der Waals surface area contributed by atoms with Crippen LogP contribution in [0.1, 0.15) is 37.6 Å². The largest absolute Gasteiger partial charge is 0.378 e. The van der Waals surface area contributed by atoms with Crippen LogP contribution in [0, 0.1) is 6.92 Å². The number of benzene rings is 2. The third-order valence-electron chi connectivity index (χ3n) is 4.50. The van der Waals surface area contributed by atoms with E-state index in [1.807, 2.05) is 43.3 Å². The van der Waals surface area contributed by atoms with E-state index < -0.39 is 10.1 Å². The van der Waals surface area contributed by atoms with Gasteiger partial charge in [-0.3, -0.25) is 0 Å². The van der Waals surface area contributed by atoms with Crippen LogP contribution in [0.3, 0.4) is 0 Å². The molecular weight excluding hydrogens is 388 g/mol. The molecule has 0 spiro atoms. The van der Waals surface area contributed by atoms with E-state index in [1.54, 1.807) is 25.3 Å². The molecule has 0 radical (unpaired) electrons. The zero-order valence-corrected chi connectivity index (χ0v) is 18.2. The summed E-state index contributed by atoms with van der Waals surface area (Å²) in [5.41, 5.74) is 3.34. The second-order valence-corrected chi connectivity index (χ2v) is 9.51. The van der Waals surface area contributed by atoms with Crippen molar-refractivity contribution in [3.63, 3.8) is 0 Å². The van der Waals surface area contributed by atoms with E-state index in [4.69, 9.17) is 8.92 Å². The topological polar surface area (TPSA) is 70.4 Å². The summed E-state index contributed by atoms with van der Waals surface area (Å²) in [5, 5.41) is 4.43. The second kappa shape index (κ2) is 8.00. The van der Waals surface area contributed by atoms with Gasteiger partial charge in [0, 0.05) is 13.2 Å². The van der Waals surface area contributed by atoms with Crippen molar-refractivity contribution in [1.29, 1.82) is 0 Å². The number of aromatic nitrogens is 2. The van der Waals surface area contributed by atoms with Gasteiger partial charge >= 0.3 is 10.1 Å². The van der Waals surface area contributed by atoms with Crippen molar-refractivity contribution >= 4 is 10.1 Å². The third kappa shape index (κ3) is 4.86. The Labute approximate surface area is 172 Å². The van der Waals surface area contributed by atoms with Gasteiger partial charge in [0.2, 0.25) is 5.88 Å². The number of rotatable bonds is 6. The maximum absolute atomic E-state index is 12.9. The molecule has 0 aliphatic heterocycles. The van der Waals surface area contributed by atoms with Crippen LogP contribution in [0.2, 0.25) is 0 Å². The molecule has 0 amide bonds. The highest BCUT2D eigenvalue weighted by atomic mass is 32.2. The minimum atomic E-state index is -4.02. The van der Waals surface area contributed by atoms with E-state index >= 15 is 0 Å². The molecule has 0 unspecified atom stereocenters. The molecule has 154 valence electrons. The zero-order valence-electron chi connectivity index (χ0n) is 17.3. The molecule has 1 aromatic heterocycles. The molecule has 1 heterocycles. The molecule has 0 atom stereocenters. The quantitative estimate of drug-likeness (QED) is 0.560. The van der Waals surface area contributed by atoms with Gasteiger partial charge in [-0.1, -0.05) is 50.6 Å². The Bertz CT molecular complexity index is 1080. The van der Waals surface area contributed by atoms with E-state index in [0.29, 0.717) is 11.4 Å². The minimum absolute atomic E-state index is 0.0672. The van der Waals surface area contributed by atoms with Gasteiger partial charge in [0.1, 0.15) is 4.90 Å². The Balaban J connectivity index is 1.96. The number of ether oxygens (including phenoxy) is 1. The second-order valence-electron chi connectivity index (χ2n) is 7.97. The van der Waals surface area contributed by atoms with E-state index in [1.165, 1.54) is 4.68 Å². The lowest BCUT2D eigenvalue weighted by atomic mass is 9.87. The number of nitrogens with zero attached hydrogens (tertiary/aromatic N) is 2. The lowest BCUT2D eigenvalue weighted by molar-refractivity contribution is 0.181. The van der Waals surface area contributed by atoms with Gasteiger partial charge in [-0.05, 0) is 42.2 Å². The van der Waals surface area contributed by atoms with Crippen molar-refractivity contribution < 1.29 is 17.3 Å². The summed E-state index contributed by atoms with van der Waals surface area (Å²) in [6.07, 6.45) is 0. The monoisotopic (exact) mass is 414 g/mol. The smallest absolute Gasteiger partial charge is 0.340 e. The lowest BCUT2D eigenvalue weighted by Gasteiger charge is -2.19. The van der Waals surface area contributed by atoms with Gasteiger partial charge in [0.15, 0.2) is 0 Å². The highest BCUT2D eigenvalue weighted by Crippen LogP contribution is 2.27. The summed E-state index contributed by atoms with van der Waals surface area (Å²) in [4.78, 5) is 0.0930. The molecule has 0 saturated carbocycles. The van der Waals surface area contributed by atoms with Crippen molar-refractivity contribution in [2.24, 2.45) is 0 Å². The predicted molar refractivity (Wildman–Crippen MR) is 112 cm³/mol. The fourth-order valence-corrected chi connectivity index (χ4v) is 3.75. The van der Waals surface area contributed by atoms with Crippen LogP contribution in [0.25, 0.3) is 5.69 Å². The Kier molecular flexibility index (Phi) is 5.82. The van der Waals surface area contributed by atoms with E-state index in [9.17, 15) is 8.42 Å². The van der Waals surface area contributed by atoms with Crippen LogP contribution in [-0.2, 0) is 26.9 Å². The fraction of sp³-hybridized carbons (Fsp3) is 0.318. The molecular formula is C22H26N2O4S. The number of methoxy groups -OCH3 is 1. The summed E-state index contributed by atoms with van der Waals surface area (Å²) in [5.74, 6) is 0.112. The molecule has 0 aliphatic rings. The summed E-state index contributed by atoms with van der Waals surface area (Å²) in [6.45, 7) is 8.45.